The van der Waals surface area contributed by atoms with Crippen LogP contribution in [-0.2, 0) is 6.42 Å². The fourth-order valence-electron chi connectivity index (χ4n) is 3.80. The Labute approximate surface area is 145 Å². The number of aromatic hydroxyl groups is 2. The third-order valence-corrected chi connectivity index (χ3v) is 5.20. The van der Waals surface area contributed by atoms with Crippen LogP contribution in [0.5, 0.6) is 11.5 Å². The summed E-state index contributed by atoms with van der Waals surface area (Å²) in [4.78, 5) is 0. The molecule has 1 aromatic carbocycles. The molecule has 0 saturated heterocycles. The SMILES string of the molecule is C=C1CC[C@@H](C(=C)C)[C@H](c2c(O)cc(CCCCC)cc2O)[C@H]1O. The number of rotatable bonds is 6. The maximum absolute atomic E-state index is 10.6. The van der Waals surface area contributed by atoms with Gasteiger partial charge in [0.05, 0.1) is 6.10 Å². The number of aliphatic hydroxyl groups is 1. The van der Waals surface area contributed by atoms with E-state index in [-0.39, 0.29) is 17.4 Å². The van der Waals surface area contributed by atoms with Gasteiger partial charge in [0.15, 0.2) is 0 Å². The lowest BCUT2D eigenvalue weighted by molar-refractivity contribution is 0.127. The van der Waals surface area contributed by atoms with Gasteiger partial charge in [-0.3, -0.25) is 0 Å². The average Bonchev–Trinajstić information content (AvgIpc) is 2.51. The number of benzene rings is 1. The zero-order chi connectivity index (χ0) is 17.9. The van der Waals surface area contributed by atoms with E-state index in [1.807, 2.05) is 6.92 Å². The summed E-state index contributed by atoms with van der Waals surface area (Å²) >= 11 is 0. The minimum Gasteiger partial charge on any atom is -0.508 e. The lowest BCUT2D eigenvalue weighted by atomic mass is 9.69. The van der Waals surface area contributed by atoms with Crippen LogP contribution in [-0.4, -0.2) is 21.4 Å². The molecule has 0 amide bonds. The zero-order valence-electron chi connectivity index (χ0n) is 14.9. The summed E-state index contributed by atoms with van der Waals surface area (Å²) in [5.74, 6) is -0.250. The molecule has 0 spiro atoms. The molecule has 2 rings (SSSR count). The Kier molecular flexibility index (Phi) is 6.11. The Bertz CT molecular complexity index is 595. The molecule has 3 nitrogen and oxygen atoms in total. The van der Waals surface area contributed by atoms with Crippen molar-refractivity contribution in [2.45, 2.75) is 64.4 Å². The monoisotopic (exact) mass is 330 g/mol. The lowest BCUT2D eigenvalue weighted by Crippen LogP contribution is -2.32. The normalized spacial score (nSPS) is 24.1. The van der Waals surface area contributed by atoms with E-state index in [0.29, 0.717) is 5.56 Å². The molecule has 1 aliphatic rings. The maximum atomic E-state index is 10.6. The lowest BCUT2D eigenvalue weighted by Gasteiger charge is -2.38. The van der Waals surface area contributed by atoms with Gasteiger partial charge in [0, 0.05) is 11.5 Å². The summed E-state index contributed by atoms with van der Waals surface area (Å²) in [5.41, 5.74) is 3.06. The van der Waals surface area contributed by atoms with Crippen LogP contribution in [0.15, 0.2) is 36.4 Å². The molecule has 0 heterocycles. The van der Waals surface area contributed by atoms with Crippen LogP contribution in [0.25, 0.3) is 0 Å². The molecule has 0 aromatic heterocycles. The predicted molar refractivity (Wildman–Crippen MR) is 98.4 cm³/mol. The minimum absolute atomic E-state index is 0.0215. The second-order valence-corrected chi connectivity index (χ2v) is 7.13. The molecular weight excluding hydrogens is 300 g/mol. The molecule has 0 bridgehead atoms. The Morgan fingerprint density at radius 2 is 1.83 bits per heavy atom. The van der Waals surface area contributed by atoms with Crippen LogP contribution in [0.2, 0.25) is 0 Å². The molecule has 1 aliphatic carbocycles. The fourth-order valence-corrected chi connectivity index (χ4v) is 3.80. The van der Waals surface area contributed by atoms with E-state index in [9.17, 15) is 15.3 Å². The van der Waals surface area contributed by atoms with Crippen LogP contribution in [0.1, 0.15) is 63.0 Å². The van der Waals surface area contributed by atoms with Gasteiger partial charge in [-0.15, -0.1) is 0 Å². The van der Waals surface area contributed by atoms with Crippen molar-refractivity contribution in [3.63, 3.8) is 0 Å². The van der Waals surface area contributed by atoms with Crippen molar-refractivity contribution in [2.24, 2.45) is 5.92 Å². The summed E-state index contributed by atoms with van der Waals surface area (Å²) in [6.07, 6.45) is 4.92. The van der Waals surface area contributed by atoms with Gasteiger partial charge in [-0.1, -0.05) is 38.5 Å². The van der Waals surface area contributed by atoms with Crippen molar-refractivity contribution >= 4 is 0 Å². The highest BCUT2D eigenvalue weighted by Crippen LogP contribution is 2.48. The first kappa shape index (κ1) is 18.6. The number of aryl methyl sites for hydroxylation is 1. The number of phenolic OH excluding ortho intramolecular Hbond substituents is 2. The van der Waals surface area contributed by atoms with Gasteiger partial charge in [0.2, 0.25) is 0 Å². The van der Waals surface area contributed by atoms with E-state index in [4.69, 9.17) is 0 Å². The number of hydrogen-bond acceptors (Lipinski definition) is 3. The number of allylic oxidation sites excluding steroid dienone is 1. The Morgan fingerprint density at radius 3 is 2.38 bits per heavy atom. The highest BCUT2D eigenvalue weighted by molar-refractivity contribution is 5.51. The van der Waals surface area contributed by atoms with E-state index >= 15 is 0 Å². The fraction of sp³-hybridized carbons (Fsp3) is 0.524. The van der Waals surface area contributed by atoms with Crippen LogP contribution < -0.4 is 0 Å². The molecule has 0 unspecified atom stereocenters. The van der Waals surface area contributed by atoms with Gasteiger partial charge in [-0.05, 0) is 61.8 Å². The van der Waals surface area contributed by atoms with E-state index < -0.39 is 12.0 Å². The summed E-state index contributed by atoms with van der Waals surface area (Å²) in [5, 5.41) is 31.7. The standard InChI is InChI=1S/C21H30O3/c1-5-6-7-8-15-11-17(22)20(18(23)12-15)19-16(13(2)3)10-9-14(4)21(19)24/h11-12,16,19,21-24H,2,4-10H2,1,3H3/t16-,19+,21-/m0/s1. The third kappa shape index (κ3) is 3.84. The molecule has 0 aliphatic heterocycles. The Hall–Kier alpha value is -1.74. The number of phenols is 2. The summed E-state index contributed by atoms with van der Waals surface area (Å²) in [6.45, 7) is 12.1. The first-order valence-electron chi connectivity index (χ1n) is 8.92. The zero-order valence-corrected chi connectivity index (χ0v) is 14.9. The van der Waals surface area contributed by atoms with E-state index in [2.05, 4.69) is 20.1 Å². The number of hydrogen-bond donors (Lipinski definition) is 3. The van der Waals surface area contributed by atoms with Gasteiger partial charge in [0.25, 0.3) is 0 Å². The highest BCUT2D eigenvalue weighted by Gasteiger charge is 2.38. The quantitative estimate of drug-likeness (QED) is 0.518. The van der Waals surface area contributed by atoms with Crippen molar-refractivity contribution in [1.29, 1.82) is 0 Å². The maximum Gasteiger partial charge on any atom is 0.123 e. The molecule has 1 aromatic rings. The summed E-state index contributed by atoms with van der Waals surface area (Å²) in [7, 11) is 0. The topological polar surface area (TPSA) is 60.7 Å². The van der Waals surface area contributed by atoms with Gasteiger partial charge in [0.1, 0.15) is 11.5 Å². The second kappa shape index (κ2) is 7.89. The molecule has 132 valence electrons. The van der Waals surface area contributed by atoms with Gasteiger partial charge >= 0.3 is 0 Å². The van der Waals surface area contributed by atoms with Crippen molar-refractivity contribution < 1.29 is 15.3 Å². The van der Waals surface area contributed by atoms with Gasteiger partial charge in [-0.25, -0.2) is 0 Å². The first-order valence-corrected chi connectivity index (χ1v) is 8.92. The molecule has 1 saturated carbocycles. The molecule has 3 atom stereocenters. The first-order chi connectivity index (χ1) is 11.4. The van der Waals surface area contributed by atoms with E-state index in [1.165, 1.54) is 0 Å². The molecule has 1 fully saturated rings. The van der Waals surface area contributed by atoms with Crippen LogP contribution >= 0.6 is 0 Å². The third-order valence-electron chi connectivity index (χ3n) is 5.20. The summed E-state index contributed by atoms with van der Waals surface area (Å²) < 4.78 is 0. The molecule has 3 N–H and O–H groups in total. The number of aliphatic hydroxyl groups excluding tert-OH is 1. The molecule has 24 heavy (non-hydrogen) atoms. The Balaban J connectivity index is 2.37. The van der Waals surface area contributed by atoms with Crippen LogP contribution in [0, 0.1) is 5.92 Å². The van der Waals surface area contributed by atoms with E-state index in [0.717, 1.165) is 55.2 Å². The Morgan fingerprint density at radius 1 is 1.21 bits per heavy atom. The molecular formula is C21H30O3. The van der Waals surface area contributed by atoms with Gasteiger partial charge in [-0.2, -0.15) is 0 Å². The van der Waals surface area contributed by atoms with Crippen molar-refractivity contribution in [2.75, 3.05) is 0 Å². The van der Waals surface area contributed by atoms with Crippen molar-refractivity contribution in [3.8, 4) is 11.5 Å². The van der Waals surface area contributed by atoms with Crippen molar-refractivity contribution in [1.82, 2.24) is 0 Å². The number of unbranched alkanes of at least 4 members (excludes halogenated alkanes) is 2. The average molecular weight is 330 g/mol. The van der Waals surface area contributed by atoms with Crippen molar-refractivity contribution in [3.05, 3.63) is 47.6 Å². The molecule has 3 heteroatoms. The van der Waals surface area contributed by atoms with E-state index in [1.54, 1.807) is 12.1 Å². The molecule has 0 radical (unpaired) electrons. The van der Waals surface area contributed by atoms with Crippen LogP contribution in [0.3, 0.4) is 0 Å². The van der Waals surface area contributed by atoms with Crippen LogP contribution in [0.4, 0.5) is 0 Å². The largest absolute Gasteiger partial charge is 0.508 e. The minimum atomic E-state index is -0.775. The van der Waals surface area contributed by atoms with Gasteiger partial charge < -0.3 is 15.3 Å². The second-order valence-electron chi connectivity index (χ2n) is 7.13. The highest BCUT2D eigenvalue weighted by atomic mass is 16.3. The smallest absolute Gasteiger partial charge is 0.123 e. The summed E-state index contributed by atoms with van der Waals surface area (Å²) in [6, 6.07) is 3.45. The predicted octanol–water partition coefficient (Wildman–Crippen LogP) is 4.82.